The predicted molar refractivity (Wildman–Crippen MR) is 56.5 cm³/mol. The van der Waals surface area contributed by atoms with Gasteiger partial charge in [-0.05, 0) is 25.6 Å². The van der Waals surface area contributed by atoms with Gasteiger partial charge in [-0.2, -0.15) is 0 Å². The van der Waals surface area contributed by atoms with Gasteiger partial charge in [0.15, 0.2) is 5.78 Å². The van der Waals surface area contributed by atoms with Crippen LogP contribution in [0.1, 0.15) is 27.9 Å². The van der Waals surface area contributed by atoms with E-state index >= 15 is 0 Å². The van der Waals surface area contributed by atoms with Crippen LogP contribution in [0.2, 0.25) is 0 Å². The molecule has 0 fully saturated rings. The van der Waals surface area contributed by atoms with Gasteiger partial charge in [-0.3, -0.25) is 4.79 Å². The molecule has 0 atom stereocenters. The molecule has 2 nitrogen and oxygen atoms in total. The maximum Gasteiger partial charge on any atom is 0.174 e. The molecule has 1 N–H and O–H groups in total. The van der Waals surface area contributed by atoms with E-state index in [1.807, 2.05) is 26.0 Å². The number of hydrogen-bond donors (Lipinski definition) is 1. The van der Waals surface area contributed by atoms with E-state index in [0.717, 1.165) is 18.0 Å². The van der Waals surface area contributed by atoms with Crippen molar-refractivity contribution in [3.05, 3.63) is 21.9 Å². The summed E-state index contributed by atoms with van der Waals surface area (Å²) in [7, 11) is 0. The van der Waals surface area contributed by atoms with Crippen LogP contribution in [0.25, 0.3) is 0 Å². The molecule has 0 spiro atoms. The largest absolute Gasteiger partial charge is 0.317 e. The number of aryl methyl sites for hydroxylation is 1. The monoisotopic (exact) mass is 197 g/mol. The molecular weight excluding hydrogens is 182 g/mol. The van der Waals surface area contributed by atoms with E-state index in [-0.39, 0.29) is 5.78 Å². The van der Waals surface area contributed by atoms with Gasteiger partial charge in [0, 0.05) is 17.8 Å². The predicted octanol–water partition coefficient (Wildman–Crippen LogP) is 2.24. The Bertz CT molecular complexity index is 280. The molecule has 0 amide bonds. The SMILES string of the molecule is CCNCCC(=O)c1ccc(C)s1. The van der Waals surface area contributed by atoms with Crippen LogP contribution >= 0.6 is 11.3 Å². The van der Waals surface area contributed by atoms with Crippen LogP contribution in [-0.4, -0.2) is 18.9 Å². The van der Waals surface area contributed by atoms with Gasteiger partial charge in [0.2, 0.25) is 0 Å². The molecule has 0 saturated heterocycles. The van der Waals surface area contributed by atoms with E-state index in [1.54, 1.807) is 11.3 Å². The lowest BCUT2D eigenvalue weighted by Crippen LogP contribution is -2.17. The van der Waals surface area contributed by atoms with Gasteiger partial charge in [0.25, 0.3) is 0 Å². The standard InChI is InChI=1S/C10H15NOS/c1-3-11-7-6-9(12)10-5-4-8(2)13-10/h4-5,11H,3,6-7H2,1-2H3. The molecule has 1 aromatic heterocycles. The molecule has 0 radical (unpaired) electrons. The smallest absolute Gasteiger partial charge is 0.174 e. The fourth-order valence-corrected chi connectivity index (χ4v) is 1.92. The first-order chi connectivity index (χ1) is 6.24. The number of Topliss-reactive ketones (excluding diaryl/α,β-unsaturated/α-hetero) is 1. The zero-order valence-corrected chi connectivity index (χ0v) is 8.91. The van der Waals surface area contributed by atoms with Crippen molar-refractivity contribution in [1.82, 2.24) is 5.32 Å². The summed E-state index contributed by atoms with van der Waals surface area (Å²) in [4.78, 5) is 13.6. The summed E-state index contributed by atoms with van der Waals surface area (Å²) in [5.41, 5.74) is 0. The van der Waals surface area contributed by atoms with Gasteiger partial charge in [0.1, 0.15) is 0 Å². The van der Waals surface area contributed by atoms with Crippen LogP contribution in [0.3, 0.4) is 0 Å². The molecule has 0 aliphatic rings. The van der Waals surface area contributed by atoms with Crippen molar-refractivity contribution in [2.45, 2.75) is 20.3 Å². The van der Waals surface area contributed by atoms with E-state index in [1.165, 1.54) is 4.88 Å². The quantitative estimate of drug-likeness (QED) is 0.579. The summed E-state index contributed by atoms with van der Waals surface area (Å²) in [5.74, 6) is 0.249. The van der Waals surface area contributed by atoms with Crippen molar-refractivity contribution in [3.8, 4) is 0 Å². The summed E-state index contributed by atoms with van der Waals surface area (Å²) < 4.78 is 0. The Kier molecular flexibility index (Phi) is 4.12. The van der Waals surface area contributed by atoms with Crippen LogP contribution in [-0.2, 0) is 0 Å². The van der Waals surface area contributed by atoms with E-state index in [2.05, 4.69) is 5.32 Å². The maximum absolute atomic E-state index is 11.5. The molecule has 3 heteroatoms. The molecule has 0 unspecified atom stereocenters. The van der Waals surface area contributed by atoms with Crippen molar-refractivity contribution in [2.75, 3.05) is 13.1 Å². The van der Waals surface area contributed by atoms with E-state index < -0.39 is 0 Å². The average Bonchev–Trinajstić information content (AvgIpc) is 2.52. The minimum Gasteiger partial charge on any atom is -0.317 e. The van der Waals surface area contributed by atoms with Crippen molar-refractivity contribution >= 4 is 17.1 Å². The van der Waals surface area contributed by atoms with Crippen LogP contribution in [0.4, 0.5) is 0 Å². The second kappa shape index (κ2) is 5.14. The van der Waals surface area contributed by atoms with Gasteiger partial charge in [0.05, 0.1) is 4.88 Å². The highest BCUT2D eigenvalue weighted by atomic mass is 32.1. The highest BCUT2D eigenvalue weighted by Crippen LogP contribution is 2.16. The minimum absolute atomic E-state index is 0.249. The number of rotatable bonds is 5. The second-order valence-electron chi connectivity index (χ2n) is 2.94. The first-order valence-corrected chi connectivity index (χ1v) is 5.36. The summed E-state index contributed by atoms with van der Waals surface area (Å²) >= 11 is 1.58. The third-order valence-corrected chi connectivity index (χ3v) is 2.84. The van der Waals surface area contributed by atoms with Gasteiger partial charge in [-0.25, -0.2) is 0 Å². The van der Waals surface area contributed by atoms with Crippen molar-refractivity contribution in [1.29, 1.82) is 0 Å². The summed E-state index contributed by atoms with van der Waals surface area (Å²) in [6.45, 7) is 5.77. The lowest BCUT2D eigenvalue weighted by Gasteiger charge is -1.98. The first-order valence-electron chi connectivity index (χ1n) is 4.54. The average molecular weight is 197 g/mol. The molecule has 13 heavy (non-hydrogen) atoms. The topological polar surface area (TPSA) is 29.1 Å². The van der Waals surface area contributed by atoms with Crippen LogP contribution in [0.15, 0.2) is 12.1 Å². The number of carbonyl (C=O) groups is 1. The summed E-state index contributed by atoms with van der Waals surface area (Å²) in [6.07, 6.45) is 0.605. The molecule has 1 aromatic rings. The Hall–Kier alpha value is -0.670. The maximum atomic E-state index is 11.5. The third kappa shape index (κ3) is 3.28. The van der Waals surface area contributed by atoms with Crippen molar-refractivity contribution in [2.24, 2.45) is 0 Å². The Morgan fingerprint density at radius 2 is 2.31 bits per heavy atom. The number of hydrogen-bond acceptors (Lipinski definition) is 3. The summed E-state index contributed by atoms with van der Waals surface area (Å²) in [6, 6.07) is 3.90. The van der Waals surface area contributed by atoms with Gasteiger partial charge >= 0.3 is 0 Å². The molecule has 0 saturated carbocycles. The zero-order chi connectivity index (χ0) is 9.68. The second-order valence-corrected chi connectivity index (χ2v) is 4.22. The Labute approximate surface area is 83.0 Å². The van der Waals surface area contributed by atoms with Crippen molar-refractivity contribution in [3.63, 3.8) is 0 Å². The minimum atomic E-state index is 0.249. The number of ketones is 1. The fraction of sp³-hybridized carbons (Fsp3) is 0.500. The van der Waals surface area contributed by atoms with E-state index in [0.29, 0.717) is 6.42 Å². The highest BCUT2D eigenvalue weighted by molar-refractivity contribution is 7.14. The third-order valence-electron chi connectivity index (χ3n) is 1.79. The number of thiophene rings is 1. The Morgan fingerprint density at radius 1 is 1.54 bits per heavy atom. The van der Waals surface area contributed by atoms with Gasteiger partial charge < -0.3 is 5.32 Å². The highest BCUT2D eigenvalue weighted by Gasteiger charge is 2.06. The van der Waals surface area contributed by atoms with Crippen LogP contribution < -0.4 is 5.32 Å². The van der Waals surface area contributed by atoms with E-state index in [4.69, 9.17) is 0 Å². The molecule has 0 aromatic carbocycles. The number of carbonyl (C=O) groups excluding carboxylic acids is 1. The Morgan fingerprint density at radius 3 is 2.85 bits per heavy atom. The molecule has 0 aliphatic heterocycles. The van der Waals surface area contributed by atoms with Gasteiger partial charge in [-0.15, -0.1) is 11.3 Å². The normalized spacial score (nSPS) is 10.3. The molecule has 72 valence electrons. The molecular formula is C10H15NOS. The Balaban J connectivity index is 2.40. The lowest BCUT2D eigenvalue weighted by molar-refractivity contribution is 0.0986. The van der Waals surface area contributed by atoms with Crippen molar-refractivity contribution < 1.29 is 4.79 Å². The molecule has 1 rings (SSSR count). The molecule has 1 heterocycles. The van der Waals surface area contributed by atoms with Crippen LogP contribution in [0.5, 0.6) is 0 Å². The number of nitrogens with one attached hydrogen (secondary N) is 1. The summed E-state index contributed by atoms with van der Waals surface area (Å²) in [5, 5.41) is 3.14. The zero-order valence-electron chi connectivity index (χ0n) is 8.09. The lowest BCUT2D eigenvalue weighted by atomic mass is 10.2. The molecule has 0 aliphatic carbocycles. The first kappa shape index (κ1) is 10.4. The van der Waals surface area contributed by atoms with Crippen LogP contribution in [0, 0.1) is 6.92 Å². The van der Waals surface area contributed by atoms with Gasteiger partial charge in [-0.1, -0.05) is 6.92 Å². The fourth-order valence-electron chi connectivity index (χ4n) is 1.09. The van der Waals surface area contributed by atoms with E-state index in [9.17, 15) is 4.79 Å². The molecule has 0 bridgehead atoms.